The largest absolute Gasteiger partial charge is 0.414 e. The lowest BCUT2D eigenvalue weighted by Gasteiger charge is -2.05. The Morgan fingerprint density at radius 2 is 2.17 bits per heavy atom. The second-order valence-corrected chi connectivity index (χ2v) is 6.43. The van der Waals surface area contributed by atoms with Crippen LogP contribution in [0.5, 0.6) is 5.75 Å². The first-order valence-corrected chi connectivity index (χ1v) is 7.85. The molecule has 18 heavy (non-hydrogen) atoms. The minimum Gasteiger partial charge on any atom is -0.414 e. The summed E-state index contributed by atoms with van der Waals surface area (Å²) >= 11 is 0.965. The summed E-state index contributed by atoms with van der Waals surface area (Å²) in [7, 11) is -3.58. The lowest BCUT2D eigenvalue weighted by molar-refractivity contribution is 0.483. The molecule has 0 radical (unpaired) electrons. The molecule has 0 spiro atoms. The SMILES string of the molecule is CCCCS(=O)(=O)Oc1ccc2sc(=O)oc2c1. The summed E-state index contributed by atoms with van der Waals surface area (Å²) in [5.74, 6) is 0.148. The van der Waals surface area contributed by atoms with E-state index in [1.54, 1.807) is 6.07 Å². The highest BCUT2D eigenvalue weighted by Gasteiger charge is 2.13. The van der Waals surface area contributed by atoms with Gasteiger partial charge in [0, 0.05) is 6.07 Å². The van der Waals surface area contributed by atoms with Gasteiger partial charge in [-0.1, -0.05) is 24.7 Å². The van der Waals surface area contributed by atoms with E-state index >= 15 is 0 Å². The predicted octanol–water partition coefficient (Wildman–Crippen LogP) is 2.36. The zero-order valence-corrected chi connectivity index (χ0v) is 11.3. The van der Waals surface area contributed by atoms with Gasteiger partial charge in [-0.15, -0.1) is 0 Å². The van der Waals surface area contributed by atoms with Gasteiger partial charge in [0.1, 0.15) is 5.75 Å². The predicted molar refractivity (Wildman–Crippen MR) is 69.7 cm³/mol. The maximum absolute atomic E-state index is 11.6. The van der Waals surface area contributed by atoms with Gasteiger partial charge >= 0.3 is 15.1 Å². The average molecular weight is 288 g/mol. The van der Waals surface area contributed by atoms with E-state index in [0.717, 1.165) is 17.8 Å². The van der Waals surface area contributed by atoms with Crippen molar-refractivity contribution in [3.63, 3.8) is 0 Å². The first-order chi connectivity index (χ1) is 8.50. The topological polar surface area (TPSA) is 73.6 Å². The second kappa shape index (κ2) is 5.11. The quantitative estimate of drug-likeness (QED) is 0.790. The first-order valence-electron chi connectivity index (χ1n) is 5.46. The van der Waals surface area contributed by atoms with Crippen molar-refractivity contribution < 1.29 is 17.0 Å². The molecule has 0 aliphatic heterocycles. The summed E-state index contributed by atoms with van der Waals surface area (Å²) < 4.78 is 33.7. The zero-order valence-electron chi connectivity index (χ0n) is 9.71. The average Bonchev–Trinajstić information content (AvgIpc) is 2.65. The van der Waals surface area contributed by atoms with Gasteiger partial charge in [-0.05, 0) is 18.6 Å². The van der Waals surface area contributed by atoms with Crippen molar-refractivity contribution in [3.05, 3.63) is 27.9 Å². The fraction of sp³-hybridized carbons (Fsp3) is 0.364. The van der Waals surface area contributed by atoms with E-state index in [0.29, 0.717) is 16.7 Å². The Labute approximate surface area is 108 Å². The van der Waals surface area contributed by atoms with Crippen LogP contribution >= 0.6 is 11.3 Å². The fourth-order valence-electron chi connectivity index (χ4n) is 1.41. The van der Waals surface area contributed by atoms with Crippen LogP contribution in [0, 0.1) is 0 Å². The lowest BCUT2D eigenvalue weighted by Crippen LogP contribution is -2.13. The molecule has 0 bridgehead atoms. The van der Waals surface area contributed by atoms with Crippen LogP contribution < -0.4 is 9.12 Å². The Morgan fingerprint density at radius 3 is 2.89 bits per heavy atom. The molecular weight excluding hydrogens is 276 g/mol. The number of unbranched alkanes of at least 4 members (excludes halogenated alkanes) is 1. The molecule has 1 aromatic heterocycles. The van der Waals surface area contributed by atoms with Crippen LogP contribution in [0.2, 0.25) is 0 Å². The second-order valence-electron chi connectivity index (χ2n) is 3.76. The normalized spacial score (nSPS) is 11.8. The number of hydrogen-bond acceptors (Lipinski definition) is 6. The summed E-state index contributed by atoms with van der Waals surface area (Å²) in [4.78, 5) is 10.6. The summed E-state index contributed by atoms with van der Waals surface area (Å²) in [5.41, 5.74) is 0.341. The zero-order chi connectivity index (χ0) is 13.2. The van der Waals surface area contributed by atoms with Crippen LogP contribution in [0.3, 0.4) is 0 Å². The highest BCUT2D eigenvalue weighted by Crippen LogP contribution is 2.23. The van der Waals surface area contributed by atoms with Gasteiger partial charge in [0.25, 0.3) is 0 Å². The van der Waals surface area contributed by atoms with Crippen molar-refractivity contribution in [3.8, 4) is 5.75 Å². The molecule has 98 valence electrons. The minimum absolute atomic E-state index is 0.0187. The van der Waals surface area contributed by atoms with Gasteiger partial charge in [0.05, 0.1) is 10.5 Å². The van der Waals surface area contributed by atoms with E-state index in [9.17, 15) is 13.2 Å². The molecule has 0 amide bonds. The third-order valence-corrected chi connectivity index (χ3v) is 4.32. The highest BCUT2D eigenvalue weighted by atomic mass is 32.2. The van der Waals surface area contributed by atoms with Gasteiger partial charge in [0.15, 0.2) is 5.58 Å². The minimum atomic E-state index is -3.58. The van der Waals surface area contributed by atoms with E-state index in [-0.39, 0.29) is 11.5 Å². The van der Waals surface area contributed by atoms with Gasteiger partial charge in [-0.3, -0.25) is 0 Å². The Morgan fingerprint density at radius 1 is 1.39 bits per heavy atom. The smallest absolute Gasteiger partial charge is 0.396 e. The summed E-state index contributed by atoms with van der Waals surface area (Å²) in [5, 5.41) is 0. The molecular formula is C11H12O5S2. The summed E-state index contributed by atoms with van der Waals surface area (Å²) in [6.45, 7) is 1.90. The van der Waals surface area contributed by atoms with Crippen LogP contribution in [0.25, 0.3) is 10.3 Å². The molecule has 1 heterocycles. The Balaban J connectivity index is 2.24. The molecule has 0 atom stereocenters. The number of fused-ring (bicyclic) bond motifs is 1. The Kier molecular flexibility index (Phi) is 3.72. The highest BCUT2D eigenvalue weighted by molar-refractivity contribution is 7.87. The molecule has 0 unspecified atom stereocenters. The summed E-state index contributed by atoms with van der Waals surface area (Å²) in [6.07, 6.45) is 1.33. The van der Waals surface area contributed by atoms with Crippen molar-refractivity contribution >= 4 is 31.7 Å². The molecule has 0 saturated carbocycles. The fourth-order valence-corrected chi connectivity index (χ4v) is 3.18. The maximum atomic E-state index is 11.6. The Bertz CT molecular complexity index is 696. The van der Waals surface area contributed by atoms with Crippen molar-refractivity contribution in [2.24, 2.45) is 0 Å². The van der Waals surface area contributed by atoms with Crippen LogP contribution in [0.15, 0.2) is 27.4 Å². The number of benzene rings is 1. The molecule has 5 nitrogen and oxygen atoms in total. The maximum Gasteiger partial charge on any atom is 0.396 e. The molecule has 0 aliphatic rings. The van der Waals surface area contributed by atoms with Gasteiger partial charge in [0.2, 0.25) is 0 Å². The van der Waals surface area contributed by atoms with Crippen LogP contribution in [0.4, 0.5) is 0 Å². The first kappa shape index (κ1) is 13.1. The lowest BCUT2D eigenvalue weighted by atomic mass is 10.3. The number of rotatable bonds is 5. The van der Waals surface area contributed by atoms with E-state index in [4.69, 9.17) is 8.60 Å². The van der Waals surface area contributed by atoms with Crippen molar-refractivity contribution in [2.75, 3.05) is 5.75 Å². The van der Waals surface area contributed by atoms with E-state index in [1.165, 1.54) is 12.1 Å². The monoisotopic (exact) mass is 288 g/mol. The van der Waals surface area contributed by atoms with E-state index in [1.807, 2.05) is 6.92 Å². The van der Waals surface area contributed by atoms with Crippen molar-refractivity contribution in [2.45, 2.75) is 19.8 Å². The molecule has 0 N–H and O–H groups in total. The van der Waals surface area contributed by atoms with Crippen molar-refractivity contribution in [1.82, 2.24) is 0 Å². The molecule has 2 aromatic rings. The van der Waals surface area contributed by atoms with Gasteiger partial charge in [-0.2, -0.15) is 8.42 Å². The van der Waals surface area contributed by atoms with Crippen LogP contribution in [-0.4, -0.2) is 14.2 Å². The molecule has 7 heteroatoms. The standard InChI is InChI=1S/C11H12O5S2/c1-2-3-6-18(13,14)16-8-4-5-10-9(7-8)15-11(12)17-10/h4-5,7H,2-3,6H2,1H3. The third-order valence-electron chi connectivity index (χ3n) is 2.27. The Hall–Kier alpha value is -1.34. The molecule has 0 aliphatic carbocycles. The van der Waals surface area contributed by atoms with Crippen LogP contribution in [0.1, 0.15) is 19.8 Å². The summed E-state index contributed by atoms with van der Waals surface area (Å²) in [6, 6.07) is 4.53. The molecule has 0 saturated heterocycles. The van der Waals surface area contributed by atoms with E-state index < -0.39 is 15.1 Å². The van der Waals surface area contributed by atoms with Gasteiger partial charge < -0.3 is 8.60 Å². The third kappa shape index (κ3) is 3.11. The molecule has 1 aromatic carbocycles. The van der Waals surface area contributed by atoms with Crippen molar-refractivity contribution in [1.29, 1.82) is 0 Å². The molecule has 0 fully saturated rings. The number of hydrogen-bond donors (Lipinski definition) is 0. The van der Waals surface area contributed by atoms with Crippen LogP contribution in [-0.2, 0) is 10.1 Å². The molecule has 2 rings (SSSR count). The van der Waals surface area contributed by atoms with Gasteiger partial charge in [-0.25, -0.2) is 4.79 Å². The van der Waals surface area contributed by atoms with E-state index in [2.05, 4.69) is 0 Å².